The Kier molecular flexibility index (Phi) is 14.6. The predicted molar refractivity (Wildman–Crippen MR) is 197 cm³/mol. The maximum Gasteiger partial charge on any atom is 0.305 e. The molecule has 4 aliphatic rings. The second kappa shape index (κ2) is 17.7. The summed E-state index contributed by atoms with van der Waals surface area (Å²) in [5, 5.41) is 4.07. The summed E-state index contributed by atoms with van der Waals surface area (Å²) in [6, 6.07) is 0. The van der Waals surface area contributed by atoms with Crippen molar-refractivity contribution in [3.8, 4) is 0 Å². The molecule has 0 N–H and O–H groups in total. The van der Waals surface area contributed by atoms with E-state index in [0.29, 0.717) is 65.0 Å². The summed E-state index contributed by atoms with van der Waals surface area (Å²) < 4.78 is 36.4. The minimum Gasteiger partial charge on any atom is -0.463 e. The van der Waals surface area contributed by atoms with Crippen LogP contribution in [0.25, 0.3) is 0 Å². The van der Waals surface area contributed by atoms with Crippen LogP contribution < -0.4 is 0 Å². The van der Waals surface area contributed by atoms with E-state index in [0.717, 1.165) is 38.5 Å². The number of carbonyl (C=O) groups is 2. The van der Waals surface area contributed by atoms with Crippen molar-refractivity contribution in [2.75, 3.05) is 39.6 Å². The van der Waals surface area contributed by atoms with E-state index in [1.165, 1.54) is 0 Å². The van der Waals surface area contributed by atoms with Gasteiger partial charge in [-0.25, -0.2) is 0 Å². The Hall–Kier alpha value is -1.90. The van der Waals surface area contributed by atoms with Crippen LogP contribution >= 0.6 is 0 Å². The number of rotatable bonds is 19. The molecule has 0 aromatic heterocycles. The van der Waals surface area contributed by atoms with Crippen molar-refractivity contribution in [3.63, 3.8) is 0 Å². The van der Waals surface area contributed by atoms with Gasteiger partial charge < -0.3 is 28.4 Å². The first kappa shape index (κ1) is 42.8. The molecular formula is C40H68N2O10. The van der Waals surface area contributed by atoms with Crippen molar-refractivity contribution in [3.05, 3.63) is 25.3 Å². The van der Waals surface area contributed by atoms with Gasteiger partial charge in [-0.15, -0.1) is 13.2 Å². The fourth-order valence-corrected chi connectivity index (χ4v) is 9.17. The average molecular weight is 737 g/mol. The molecule has 4 fully saturated rings. The van der Waals surface area contributed by atoms with E-state index in [-0.39, 0.29) is 59.5 Å². The first-order chi connectivity index (χ1) is 24.4. The summed E-state index contributed by atoms with van der Waals surface area (Å²) in [5.41, 5.74) is -1.28. The fourth-order valence-electron chi connectivity index (χ4n) is 9.17. The molecular weight excluding hydrogens is 668 g/mol. The maximum atomic E-state index is 12.4. The van der Waals surface area contributed by atoms with Crippen molar-refractivity contribution in [2.45, 2.75) is 178 Å². The zero-order chi connectivity index (χ0) is 38.3. The van der Waals surface area contributed by atoms with Crippen LogP contribution in [0, 0.1) is 0 Å². The highest BCUT2D eigenvalue weighted by atomic mass is 16.8. The Labute approximate surface area is 312 Å². The van der Waals surface area contributed by atoms with Crippen LogP contribution in [-0.4, -0.2) is 108 Å². The van der Waals surface area contributed by atoms with Gasteiger partial charge in [0.1, 0.15) is 25.4 Å². The molecule has 4 heterocycles. The SMILES string of the molecule is C=CCON1C(C)(C)CC2(CC1(C)C)OCC(COC(=O)CCCCCCCCC(=O)OCC1COC3(CC(C)(C)N(OCC=C)C(C)(C)C3)O1)O2. The molecule has 12 heteroatoms. The number of carbonyl (C=O) groups excluding carboxylic acids is 2. The second-order valence-electron chi connectivity index (χ2n) is 17.6. The number of hydrogen-bond acceptors (Lipinski definition) is 12. The van der Waals surface area contributed by atoms with E-state index in [2.05, 4.69) is 68.5 Å². The summed E-state index contributed by atoms with van der Waals surface area (Å²) in [6.45, 7) is 26.6. The van der Waals surface area contributed by atoms with Crippen molar-refractivity contribution in [1.82, 2.24) is 10.1 Å². The topological polar surface area (TPSA) is 114 Å². The monoisotopic (exact) mass is 736 g/mol. The van der Waals surface area contributed by atoms with E-state index in [4.69, 9.17) is 38.1 Å². The molecule has 2 atom stereocenters. The number of esters is 2. The molecule has 0 aliphatic carbocycles. The third kappa shape index (κ3) is 11.3. The van der Waals surface area contributed by atoms with Gasteiger partial charge in [0.25, 0.3) is 0 Å². The summed E-state index contributed by atoms with van der Waals surface area (Å²) >= 11 is 0. The smallest absolute Gasteiger partial charge is 0.305 e. The Morgan fingerprint density at radius 1 is 0.596 bits per heavy atom. The molecule has 12 nitrogen and oxygen atoms in total. The number of nitrogens with zero attached hydrogens (tertiary/aromatic N) is 2. The van der Waals surface area contributed by atoms with Crippen LogP contribution in [0.15, 0.2) is 25.3 Å². The number of hydrogen-bond donors (Lipinski definition) is 0. The van der Waals surface area contributed by atoms with Gasteiger partial charge in [0.15, 0.2) is 11.6 Å². The lowest BCUT2D eigenvalue weighted by atomic mass is 9.78. The third-order valence-corrected chi connectivity index (χ3v) is 10.3. The maximum absolute atomic E-state index is 12.4. The van der Waals surface area contributed by atoms with Crippen molar-refractivity contribution >= 4 is 11.9 Å². The highest BCUT2D eigenvalue weighted by Crippen LogP contribution is 2.49. The lowest BCUT2D eigenvalue weighted by molar-refractivity contribution is -0.334. The van der Waals surface area contributed by atoms with Gasteiger partial charge in [-0.05, 0) is 68.2 Å². The van der Waals surface area contributed by atoms with Gasteiger partial charge >= 0.3 is 11.9 Å². The number of piperidine rings is 2. The van der Waals surface area contributed by atoms with Gasteiger partial charge in [-0.2, -0.15) is 10.1 Å². The normalized spacial score (nSPS) is 27.1. The summed E-state index contributed by atoms with van der Waals surface area (Å²) in [7, 11) is 0. The predicted octanol–water partition coefficient (Wildman–Crippen LogP) is 6.96. The van der Waals surface area contributed by atoms with Crippen molar-refractivity contribution < 1.29 is 47.7 Å². The molecule has 0 amide bonds. The Morgan fingerprint density at radius 3 is 1.25 bits per heavy atom. The first-order valence-corrected chi connectivity index (χ1v) is 19.4. The van der Waals surface area contributed by atoms with Crippen molar-refractivity contribution in [1.29, 1.82) is 0 Å². The highest BCUT2D eigenvalue weighted by Gasteiger charge is 2.59. The molecule has 4 rings (SSSR count). The summed E-state index contributed by atoms with van der Waals surface area (Å²) in [6.07, 6.45) is 11.7. The van der Waals surface area contributed by atoms with E-state index in [9.17, 15) is 9.59 Å². The number of ether oxygens (including phenoxy) is 6. The van der Waals surface area contributed by atoms with Crippen LogP contribution in [0.3, 0.4) is 0 Å². The van der Waals surface area contributed by atoms with Crippen LogP contribution in [0.1, 0.15) is 132 Å². The lowest BCUT2D eigenvalue weighted by Gasteiger charge is -2.56. The second-order valence-corrected chi connectivity index (χ2v) is 17.6. The standard InChI is InChI=1S/C40H68N2O10/c1-11-21-49-41-35(3,4)27-39(28-36(41,5)6)47-25-31(51-39)23-45-33(43)19-17-15-13-14-16-18-20-34(44)46-24-32-26-48-40(52-32)29-37(7,8)42(50-22-12-2)38(9,10)30-40/h11-12,31-32H,1-2,13-30H2,3-10H3. The molecule has 2 spiro atoms. The molecule has 0 bridgehead atoms. The summed E-state index contributed by atoms with van der Waals surface area (Å²) in [4.78, 5) is 36.9. The number of hydroxylamine groups is 4. The Bertz CT molecular complexity index is 1090. The first-order valence-electron chi connectivity index (χ1n) is 19.4. The zero-order valence-electron chi connectivity index (χ0n) is 33.4. The molecule has 0 aromatic rings. The van der Waals surface area contributed by atoms with E-state index >= 15 is 0 Å². The molecule has 0 saturated carbocycles. The van der Waals surface area contributed by atoms with E-state index < -0.39 is 11.6 Å². The molecule has 4 aliphatic heterocycles. The van der Waals surface area contributed by atoms with E-state index in [1.54, 1.807) is 12.2 Å². The molecule has 0 aromatic carbocycles. The lowest BCUT2D eigenvalue weighted by Crippen LogP contribution is -2.65. The van der Waals surface area contributed by atoms with Gasteiger partial charge in [-0.1, -0.05) is 37.8 Å². The van der Waals surface area contributed by atoms with Crippen molar-refractivity contribution in [2.24, 2.45) is 0 Å². The minimum atomic E-state index is -0.730. The van der Waals surface area contributed by atoms with Crippen LogP contribution in [0.5, 0.6) is 0 Å². The fraction of sp³-hybridized carbons (Fsp3) is 0.850. The van der Waals surface area contributed by atoms with E-state index in [1.807, 2.05) is 10.1 Å². The third-order valence-electron chi connectivity index (χ3n) is 10.3. The van der Waals surface area contributed by atoms with Crippen LogP contribution in [0.4, 0.5) is 0 Å². The Balaban J connectivity index is 1.02. The molecule has 2 unspecified atom stereocenters. The molecule has 0 radical (unpaired) electrons. The highest BCUT2D eigenvalue weighted by molar-refractivity contribution is 5.69. The molecule has 4 saturated heterocycles. The quantitative estimate of drug-likeness (QED) is 0.0776. The Morgan fingerprint density at radius 2 is 0.923 bits per heavy atom. The summed E-state index contributed by atoms with van der Waals surface area (Å²) in [5.74, 6) is -1.88. The molecule has 52 heavy (non-hydrogen) atoms. The van der Waals surface area contributed by atoms with Gasteiger partial charge in [0, 0.05) is 60.7 Å². The van der Waals surface area contributed by atoms with Crippen LogP contribution in [-0.2, 0) is 47.7 Å². The zero-order valence-corrected chi connectivity index (χ0v) is 33.4. The largest absolute Gasteiger partial charge is 0.463 e. The molecule has 298 valence electrons. The van der Waals surface area contributed by atoms with Gasteiger partial charge in [0.05, 0.1) is 26.4 Å². The average Bonchev–Trinajstić information content (AvgIpc) is 3.60. The van der Waals surface area contributed by atoms with Gasteiger partial charge in [-0.3, -0.25) is 19.3 Å². The van der Waals surface area contributed by atoms with Crippen LogP contribution in [0.2, 0.25) is 0 Å². The number of unbranched alkanes of at least 4 members (excludes halogenated alkanes) is 5. The van der Waals surface area contributed by atoms with Gasteiger partial charge in [0.2, 0.25) is 0 Å². The minimum absolute atomic E-state index is 0.190.